The van der Waals surface area contributed by atoms with Crippen molar-refractivity contribution in [3.05, 3.63) is 0 Å². The van der Waals surface area contributed by atoms with Crippen LogP contribution < -0.4 is 0 Å². The van der Waals surface area contributed by atoms with E-state index >= 15 is 0 Å². The van der Waals surface area contributed by atoms with Gasteiger partial charge in [-0.25, -0.2) is 0 Å². The minimum Gasteiger partial charge on any atom is -0.480 e. The molecule has 1 fully saturated rings. The van der Waals surface area contributed by atoms with Gasteiger partial charge in [0.2, 0.25) is 0 Å². The van der Waals surface area contributed by atoms with E-state index in [1.54, 1.807) is 0 Å². The highest BCUT2D eigenvalue weighted by molar-refractivity contribution is 5.69. The summed E-state index contributed by atoms with van der Waals surface area (Å²) in [4.78, 5) is 15.3. The van der Waals surface area contributed by atoms with Gasteiger partial charge in [-0.2, -0.15) is 0 Å². The summed E-state index contributed by atoms with van der Waals surface area (Å²) in [5.41, 5.74) is 0. The third-order valence-electron chi connectivity index (χ3n) is 3.87. The van der Waals surface area contributed by atoms with Crippen LogP contribution in [-0.4, -0.2) is 60.1 Å². The summed E-state index contributed by atoms with van der Waals surface area (Å²) in [6.07, 6.45) is 9.16. The number of carboxylic acid groups (broad SMARTS) is 1. The maximum absolute atomic E-state index is 10.7. The smallest absolute Gasteiger partial charge is 0.317 e. The molecule has 0 unspecified atom stereocenters. The molecule has 0 bridgehead atoms. The van der Waals surface area contributed by atoms with Crippen molar-refractivity contribution >= 4 is 5.97 Å². The summed E-state index contributed by atoms with van der Waals surface area (Å²) in [5, 5.41) is 8.81. The van der Waals surface area contributed by atoms with Crippen molar-refractivity contribution in [2.45, 2.75) is 51.9 Å². The zero-order valence-electron chi connectivity index (χ0n) is 12.4. The molecule has 1 aliphatic rings. The maximum Gasteiger partial charge on any atom is 0.317 e. The second kappa shape index (κ2) is 10.2. The molecule has 0 aromatic heterocycles. The van der Waals surface area contributed by atoms with Crippen LogP contribution >= 0.6 is 0 Å². The van der Waals surface area contributed by atoms with Crippen LogP contribution in [0.25, 0.3) is 0 Å². The van der Waals surface area contributed by atoms with Crippen LogP contribution in [0.2, 0.25) is 0 Å². The number of carbonyl (C=O) groups is 1. The van der Waals surface area contributed by atoms with Gasteiger partial charge < -0.3 is 10.0 Å². The van der Waals surface area contributed by atoms with Gasteiger partial charge in [0.05, 0.1) is 6.54 Å². The summed E-state index contributed by atoms with van der Waals surface area (Å²) in [5.74, 6) is -0.704. The first-order chi connectivity index (χ1) is 9.22. The van der Waals surface area contributed by atoms with Gasteiger partial charge in [0.25, 0.3) is 0 Å². The van der Waals surface area contributed by atoms with Crippen LogP contribution in [0, 0.1) is 0 Å². The van der Waals surface area contributed by atoms with E-state index < -0.39 is 5.97 Å². The number of carboxylic acids is 1. The minimum atomic E-state index is -0.704. The third-order valence-corrected chi connectivity index (χ3v) is 3.87. The molecule has 1 N–H and O–H groups in total. The summed E-state index contributed by atoms with van der Waals surface area (Å²) < 4.78 is 0. The van der Waals surface area contributed by atoms with Crippen molar-refractivity contribution in [1.29, 1.82) is 0 Å². The fraction of sp³-hybridized carbons (Fsp3) is 0.933. The van der Waals surface area contributed by atoms with Gasteiger partial charge in [0, 0.05) is 19.6 Å². The number of aliphatic carboxylic acids is 1. The molecule has 4 heteroatoms. The van der Waals surface area contributed by atoms with Crippen LogP contribution in [0.5, 0.6) is 0 Å². The molecule has 1 saturated heterocycles. The van der Waals surface area contributed by atoms with E-state index in [2.05, 4.69) is 16.7 Å². The van der Waals surface area contributed by atoms with Crippen molar-refractivity contribution in [3.63, 3.8) is 0 Å². The van der Waals surface area contributed by atoms with Crippen molar-refractivity contribution < 1.29 is 9.90 Å². The van der Waals surface area contributed by atoms with Gasteiger partial charge in [-0.15, -0.1) is 0 Å². The van der Waals surface area contributed by atoms with Gasteiger partial charge in [-0.05, 0) is 25.9 Å². The molecule has 0 aromatic carbocycles. The van der Waals surface area contributed by atoms with Crippen molar-refractivity contribution in [3.8, 4) is 0 Å². The standard InChI is InChI=1S/C15H30N2O2/c1-2-3-4-5-6-7-9-16-10-8-11-17(13-12-16)14-15(18)19/h2-14H2,1H3,(H,18,19). The maximum atomic E-state index is 10.7. The van der Waals surface area contributed by atoms with E-state index in [1.165, 1.54) is 45.1 Å². The normalized spacial score (nSPS) is 18.4. The molecule has 0 aliphatic carbocycles. The molecular formula is C15H30N2O2. The van der Waals surface area contributed by atoms with E-state index in [0.717, 1.165) is 32.6 Å². The van der Waals surface area contributed by atoms with E-state index in [0.29, 0.717) is 0 Å². The summed E-state index contributed by atoms with van der Waals surface area (Å²) in [7, 11) is 0. The lowest BCUT2D eigenvalue weighted by molar-refractivity contribution is -0.138. The minimum absolute atomic E-state index is 0.199. The summed E-state index contributed by atoms with van der Waals surface area (Å²) in [6, 6.07) is 0. The molecule has 4 nitrogen and oxygen atoms in total. The van der Waals surface area contributed by atoms with Crippen molar-refractivity contribution in [2.75, 3.05) is 39.3 Å². The highest BCUT2D eigenvalue weighted by atomic mass is 16.4. The van der Waals surface area contributed by atoms with Gasteiger partial charge in [-0.1, -0.05) is 39.0 Å². The Morgan fingerprint density at radius 1 is 0.947 bits per heavy atom. The van der Waals surface area contributed by atoms with Crippen LogP contribution in [0.3, 0.4) is 0 Å². The van der Waals surface area contributed by atoms with Gasteiger partial charge in [0.15, 0.2) is 0 Å². The fourth-order valence-electron chi connectivity index (χ4n) is 2.71. The molecule has 0 radical (unpaired) electrons. The molecule has 0 saturated carbocycles. The first-order valence-electron chi connectivity index (χ1n) is 7.89. The van der Waals surface area contributed by atoms with Crippen molar-refractivity contribution in [1.82, 2.24) is 9.80 Å². The predicted molar refractivity (Wildman–Crippen MR) is 78.5 cm³/mol. The third kappa shape index (κ3) is 8.22. The lowest BCUT2D eigenvalue weighted by Gasteiger charge is -2.20. The highest BCUT2D eigenvalue weighted by Crippen LogP contribution is 2.08. The topological polar surface area (TPSA) is 43.8 Å². The number of hydrogen-bond acceptors (Lipinski definition) is 3. The number of nitrogens with zero attached hydrogens (tertiary/aromatic N) is 2. The van der Waals surface area contributed by atoms with E-state index in [9.17, 15) is 4.79 Å². The second-order valence-electron chi connectivity index (χ2n) is 5.63. The van der Waals surface area contributed by atoms with E-state index in [4.69, 9.17) is 5.11 Å². The van der Waals surface area contributed by atoms with E-state index in [1.807, 2.05) is 0 Å². The van der Waals surface area contributed by atoms with E-state index in [-0.39, 0.29) is 6.54 Å². The van der Waals surface area contributed by atoms with Crippen LogP contribution in [0.15, 0.2) is 0 Å². The second-order valence-corrected chi connectivity index (χ2v) is 5.63. The largest absolute Gasteiger partial charge is 0.480 e. The molecule has 112 valence electrons. The SMILES string of the molecule is CCCCCCCCN1CCCN(CC(=O)O)CC1. The Balaban J connectivity index is 2.07. The molecule has 0 atom stereocenters. The first-order valence-corrected chi connectivity index (χ1v) is 7.89. The lowest BCUT2D eigenvalue weighted by atomic mass is 10.1. The molecular weight excluding hydrogens is 240 g/mol. The molecule has 0 spiro atoms. The summed E-state index contributed by atoms with van der Waals surface area (Å²) >= 11 is 0. The zero-order valence-corrected chi connectivity index (χ0v) is 12.4. The molecule has 19 heavy (non-hydrogen) atoms. The average Bonchev–Trinajstić information content (AvgIpc) is 2.59. The first kappa shape index (κ1) is 16.4. The Morgan fingerprint density at radius 3 is 2.32 bits per heavy atom. The Hall–Kier alpha value is -0.610. The molecule has 1 rings (SSSR count). The summed E-state index contributed by atoms with van der Waals surface area (Å²) in [6.45, 7) is 7.63. The molecule has 0 aromatic rings. The van der Waals surface area contributed by atoms with Gasteiger partial charge in [0.1, 0.15) is 0 Å². The van der Waals surface area contributed by atoms with Crippen molar-refractivity contribution in [2.24, 2.45) is 0 Å². The zero-order chi connectivity index (χ0) is 13.9. The number of unbranched alkanes of at least 4 members (excludes halogenated alkanes) is 5. The highest BCUT2D eigenvalue weighted by Gasteiger charge is 2.15. The van der Waals surface area contributed by atoms with Crippen LogP contribution in [0.1, 0.15) is 51.9 Å². The Labute approximate surface area is 117 Å². The number of rotatable bonds is 9. The number of hydrogen-bond donors (Lipinski definition) is 1. The molecule has 0 amide bonds. The average molecular weight is 270 g/mol. The molecule has 1 heterocycles. The Bertz CT molecular complexity index is 246. The fourth-order valence-corrected chi connectivity index (χ4v) is 2.71. The predicted octanol–water partition coefficient (Wildman–Crippen LogP) is 2.44. The van der Waals surface area contributed by atoms with Gasteiger partial charge in [-0.3, -0.25) is 9.69 Å². The quantitative estimate of drug-likeness (QED) is 0.654. The van der Waals surface area contributed by atoms with Gasteiger partial charge >= 0.3 is 5.97 Å². The van der Waals surface area contributed by atoms with Crippen LogP contribution in [0.4, 0.5) is 0 Å². The Morgan fingerprint density at radius 2 is 1.58 bits per heavy atom. The monoisotopic (exact) mass is 270 g/mol. The lowest BCUT2D eigenvalue weighted by Crippen LogP contribution is -2.34. The van der Waals surface area contributed by atoms with Crippen LogP contribution in [-0.2, 0) is 4.79 Å². The molecule has 1 aliphatic heterocycles. The Kier molecular flexibility index (Phi) is 8.84.